The van der Waals surface area contributed by atoms with E-state index in [1.807, 2.05) is 20.9 Å². The minimum Gasteiger partial charge on any atom is -0.444 e. The van der Waals surface area contributed by atoms with Gasteiger partial charge in [0.15, 0.2) is 5.96 Å². The first-order chi connectivity index (χ1) is 14.5. The third-order valence-corrected chi connectivity index (χ3v) is 5.96. The standard InChI is InChI=1S/C22H36N6O2.HI/c1-6-19-18(20(7-2)30-27-19)13-25-22(23-5)24-12-17-8-10-28(11-9-17)14-21-26-15(3)16(4)29-21;/h17H,6-14H2,1-5H3,(H2,23,24,25);1H. The van der Waals surface area contributed by atoms with Crippen LogP contribution in [-0.2, 0) is 25.9 Å². The van der Waals surface area contributed by atoms with Gasteiger partial charge in [0.1, 0.15) is 11.5 Å². The zero-order chi connectivity index (χ0) is 21.5. The van der Waals surface area contributed by atoms with Gasteiger partial charge in [-0.15, -0.1) is 24.0 Å². The minimum atomic E-state index is 0. The van der Waals surface area contributed by atoms with Gasteiger partial charge >= 0.3 is 0 Å². The number of piperidine rings is 1. The van der Waals surface area contributed by atoms with Crippen molar-refractivity contribution in [3.8, 4) is 0 Å². The zero-order valence-corrected chi connectivity index (χ0v) is 21.8. The summed E-state index contributed by atoms with van der Waals surface area (Å²) in [6.45, 7) is 12.7. The zero-order valence-electron chi connectivity index (χ0n) is 19.5. The number of likely N-dealkylation sites (tertiary alicyclic amines) is 1. The maximum atomic E-state index is 5.73. The Morgan fingerprint density at radius 1 is 1.16 bits per heavy atom. The molecule has 9 heteroatoms. The van der Waals surface area contributed by atoms with Gasteiger partial charge in [-0.05, 0) is 52.1 Å². The Morgan fingerprint density at radius 3 is 2.48 bits per heavy atom. The van der Waals surface area contributed by atoms with Crippen LogP contribution in [0.1, 0.15) is 61.1 Å². The van der Waals surface area contributed by atoms with E-state index in [9.17, 15) is 0 Å². The van der Waals surface area contributed by atoms with Gasteiger partial charge in [-0.1, -0.05) is 19.0 Å². The van der Waals surface area contributed by atoms with Crippen LogP contribution in [0.5, 0.6) is 0 Å². The van der Waals surface area contributed by atoms with Crippen LogP contribution in [0.4, 0.5) is 0 Å². The van der Waals surface area contributed by atoms with Gasteiger partial charge in [0.05, 0.1) is 17.9 Å². The molecule has 1 aliphatic heterocycles. The molecule has 0 bridgehead atoms. The number of halogens is 1. The molecule has 2 aromatic heterocycles. The second kappa shape index (κ2) is 12.4. The first-order valence-corrected chi connectivity index (χ1v) is 11.1. The number of oxazole rings is 1. The molecule has 3 rings (SSSR count). The van der Waals surface area contributed by atoms with Crippen LogP contribution in [0, 0.1) is 19.8 Å². The summed E-state index contributed by atoms with van der Waals surface area (Å²) in [5.74, 6) is 4.18. The van der Waals surface area contributed by atoms with Crippen LogP contribution in [0.2, 0.25) is 0 Å². The van der Waals surface area contributed by atoms with E-state index < -0.39 is 0 Å². The Bertz CT molecular complexity index is 798. The summed E-state index contributed by atoms with van der Waals surface area (Å²) in [4.78, 5) is 11.3. The van der Waals surface area contributed by atoms with Gasteiger partial charge in [-0.2, -0.15) is 0 Å². The number of aromatic nitrogens is 2. The number of hydrogen-bond donors (Lipinski definition) is 2. The summed E-state index contributed by atoms with van der Waals surface area (Å²) in [6.07, 6.45) is 4.04. The highest BCUT2D eigenvalue weighted by atomic mass is 127. The molecule has 2 N–H and O–H groups in total. The number of nitrogens with one attached hydrogen (secondary N) is 2. The number of rotatable bonds is 8. The highest BCUT2D eigenvalue weighted by Gasteiger charge is 2.21. The molecule has 8 nitrogen and oxygen atoms in total. The van der Waals surface area contributed by atoms with Gasteiger partial charge in [0, 0.05) is 32.1 Å². The van der Waals surface area contributed by atoms with Gasteiger partial charge in [0.25, 0.3) is 0 Å². The van der Waals surface area contributed by atoms with Crippen molar-refractivity contribution in [2.45, 2.75) is 66.5 Å². The summed E-state index contributed by atoms with van der Waals surface area (Å²) in [5, 5.41) is 11.1. The Balaban J connectivity index is 0.00000341. The maximum absolute atomic E-state index is 5.73. The lowest BCUT2D eigenvalue weighted by Crippen LogP contribution is -2.42. The van der Waals surface area contributed by atoms with Gasteiger partial charge in [-0.3, -0.25) is 9.89 Å². The first kappa shape index (κ1) is 25.6. The second-order valence-electron chi connectivity index (χ2n) is 8.01. The monoisotopic (exact) mass is 544 g/mol. The van der Waals surface area contributed by atoms with E-state index in [4.69, 9.17) is 8.94 Å². The van der Waals surface area contributed by atoms with E-state index in [1.165, 1.54) is 0 Å². The average molecular weight is 544 g/mol. The summed E-state index contributed by atoms with van der Waals surface area (Å²) in [7, 11) is 1.81. The molecule has 3 heterocycles. The molecule has 0 spiro atoms. The fourth-order valence-corrected chi connectivity index (χ4v) is 3.92. The molecule has 1 saturated heterocycles. The van der Waals surface area contributed by atoms with E-state index in [-0.39, 0.29) is 24.0 Å². The summed E-state index contributed by atoms with van der Waals surface area (Å²) in [5.41, 5.74) is 3.18. The van der Waals surface area contributed by atoms with Crippen molar-refractivity contribution in [3.63, 3.8) is 0 Å². The minimum absolute atomic E-state index is 0. The summed E-state index contributed by atoms with van der Waals surface area (Å²) in [6, 6.07) is 0. The highest BCUT2D eigenvalue weighted by molar-refractivity contribution is 14.0. The third-order valence-electron chi connectivity index (χ3n) is 5.96. The van der Waals surface area contributed by atoms with Crippen LogP contribution in [0.15, 0.2) is 13.9 Å². The molecular weight excluding hydrogens is 507 g/mol. The van der Waals surface area contributed by atoms with Crippen LogP contribution < -0.4 is 10.6 Å². The van der Waals surface area contributed by atoms with E-state index >= 15 is 0 Å². The van der Waals surface area contributed by atoms with Crippen molar-refractivity contribution in [3.05, 3.63) is 34.4 Å². The quantitative estimate of drug-likeness (QED) is 0.298. The van der Waals surface area contributed by atoms with Crippen molar-refractivity contribution in [2.75, 3.05) is 26.7 Å². The van der Waals surface area contributed by atoms with Crippen LogP contribution in [-0.4, -0.2) is 47.7 Å². The van der Waals surface area contributed by atoms with Gasteiger partial charge in [0.2, 0.25) is 5.89 Å². The molecule has 174 valence electrons. The predicted octanol–water partition coefficient (Wildman–Crippen LogP) is 3.60. The molecule has 0 radical (unpaired) electrons. The number of guanidine groups is 1. The van der Waals surface area contributed by atoms with Crippen LogP contribution in [0.25, 0.3) is 0 Å². The second-order valence-corrected chi connectivity index (χ2v) is 8.01. The molecule has 1 fully saturated rings. The Hall–Kier alpha value is -1.62. The van der Waals surface area contributed by atoms with Crippen molar-refractivity contribution < 1.29 is 8.94 Å². The normalized spacial score (nSPS) is 15.7. The Kier molecular flexibility index (Phi) is 10.3. The lowest BCUT2D eigenvalue weighted by molar-refractivity contribution is 0.164. The maximum Gasteiger partial charge on any atom is 0.208 e. The highest BCUT2D eigenvalue weighted by Crippen LogP contribution is 2.19. The SMILES string of the molecule is CCc1noc(CC)c1CNC(=NC)NCC1CCN(Cc2nc(C)c(C)o2)CC1.I. The third kappa shape index (κ3) is 6.93. The number of aliphatic imine (C=N–C) groups is 1. The molecule has 2 aromatic rings. The molecule has 0 unspecified atom stereocenters. The Morgan fingerprint density at radius 2 is 1.90 bits per heavy atom. The molecular formula is C22H37IN6O2. The van der Waals surface area contributed by atoms with Crippen molar-refractivity contribution in [1.82, 2.24) is 25.7 Å². The predicted molar refractivity (Wildman–Crippen MR) is 133 cm³/mol. The number of aryl methyl sites for hydroxylation is 4. The largest absolute Gasteiger partial charge is 0.444 e. The van der Waals surface area contributed by atoms with E-state index in [1.54, 1.807) is 0 Å². The Labute approximate surface area is 202 Å². The molecule has 31 heavy (non-hydrogen) atoms. The first-order valence-electron chi connectivity index (χ1n) is 11.1. The molecule has 0 aliphatic carbocycles. The smallest absolute Gasteiger partial charge is 0.208 e. The molecule has 1 aliphatic rings. The number of nitrogens with zero attached hydrogens (tertiary/aromatic N) is 4. The summed E-state index contributed by atoms with van der Waals surface area (Å²) >= 11 is 0. The van der Waals surface area contributed by atoms with Crippen LogP contribution in [0.3, 0.4) is 0 Å². The lowest BCUT2D eigenvalue weighted by atomic mass is 9.97. The molecule has 0 amide bonds. The lowest BCUT2D eigenvalue weighted by Gasteiger charge is -2.31. The fourth-order valence-electron chi connectivity index (χ4n) is 3.92. The van der Waals surface area contributed by atoms with Gasteiger partial charge < -0.3 is 19.6 Å². The van der Waals surface area contributed by atoms with Crippen molar-refractivity contribution in [2.24, 2.45) is 10.9 Å². The van der Waals surface area contributed by atoms with E-state index in [2.05, 4.69) is 44.5 Å². The topological polar surface area (TPSA) is 91.7 Å². The van der Waals surface area contributed by atoms with E-state index in [0.717, 1.165) is 92.2 Å². The van der Waals surface area contributed by atoms with Crippen molar-refractivity contribution in [1.29, 1.82) is 0 Å². The number of hydrogen-bond acceptors (Lipinski definition) is 6. The van der Waals surface area contributed by atoms with Gasteiger partial charge in [-0.25, -0.2) is 4.98 Å². The summed E-state index contributed by atoms with van der Waals surface area (Å²) < 4.78 is 11.2. The van der Waals surface area contributed by atoms with E-state index in [0.29, 0.717) is 12.5 Å². The molecule has 0 atom stereocenters. The van der Waals surface area contributed by atoms with Crippen molar-refractivity contribution >= 4 is 29.9 Å². The fraction of sp³-hybridized carbons (Fsp3) is 0.682. The van der Waals surface area contributed by atoms with Crippen LogP contribution >= 0.6 is 24.0 Å². The average Bonchev–Trinajstić information content (AvgIpc) is 3.30. The molecule has 0 saturated carbocycles. The molecule has 0 aromatic carbocycles.